The Labute approximate surface area is 104 Å². The van der Waals surface area contributed by atoms with Gasteiger partial charge < -0.3 is 4.74 Å². The maximum Gasteiger partial charge on any atom is 0.201 e. The Morgan fingerprint density at radius 1 is 1.47 bits per heavy atom. The highest BCUT2D eigenvalue weighted by Crippen LogP contribution is 2.20. The SMILES string of the molecule is O=C(Cc1ccc(F)cc1Cl)C1=CCCCO1. The number of carbonyl (C=O) groups excluding carboxylic acids is 1. The Morgan fingerprint density at radius 3 is 2.94 bits per heavy atom. The molecule has 0 saturated heterocycles. The summed E-state index contributed by atoms with van der Waals surface area (Å²) < 4.78 is 18.1. The first-order valence-corrected chi connectivity index (χ1v) is 5.84. The third-order valence-electron chi connectivity index (χ3n) is 2.58. The van der Waals surface area contributed by atoms with E-state index in [1.165, 1.54) is 18.2 Å². The second-order valence-electron chi connectivity index (χ2n) is 3.89. The van der Waals surface area contributed by atoms with Crippen molar-refractivity contribution in [2.75, 3.05) is 6.61 Å². The van der Waals surface area contributed by atoms with Crippen LogP contribution in [0.5, 0.6) is 0 Å². The molecule has 0 amide bonds. The van der Waals surface area contributed by atoms with E-state index >= 15 is 0 Å². The fraction of sp³-hybridized carbons (Fsp3) is 0.308. The van der Waals surface area contributed by atoms with E-state index in [9.17, 15) is 9.18 Å². The molecular formula is C13H12ClFO2. The van der Waals surface area contributed by atoms with Gasteiger partial charge in [0.05, 0.1) is 6.61 Å². The summed E-state index contributed by atoms with van der Waals surface area (Å²) in [7, 11) is 0. The van der Waals surface area contributed by atoms with Crippen molar-refractivity contribution in [1.29, 1.82) is 0 Å². The first-order valence-electron chi connectivity index (χ1n) is 5.47. The maximum absolute atomic E-state index is 12.8. The first-order chi connectivity index (χ1) is 8.16. The minimum atomic E-state index is -0.403. The number of hydrogen-bond donors (Lipinski definition) is 0. The van der Waals surface area contributed by atoms with Crippen LogP contribution in [-0.4, -0.2) is 12.4 Å². The van der Waals surface area contributed by atoms with E-state index < -0.39 is 5.82 Å². The molecular weight excluding hydrogens is 243 g/mol. The quantitative estimate of drug-likeness (QED) is 0.827. The van der Waals surface area contributed by atoms with Gasteiger partial charge in [-0.1, -0.05) is 17.7 Å². The highest BCUT2D eigenvalue weighted by molar-refractivity contribution is 6.31. The lowest BCUT2D eigenvalue weighted by molar-refractivity contribution is -0.118. The number of halogens is 2. The van der Waals surface area contributed by atoms with Crippen LogP contribution in [0.25, 0.3) is 0 Å². The molecule has 1 heterocycles. The zero-order chi connectivity index (χ0) is 12.3. The average Bonchev–Trinajstić information content (AvgIpc) is 2.34. The number of ketones is 1. The molecule has 90 valence electrons. The smallest absolute Gasteiger partial charge is 0.201 e. The lowest BCUT2D eigenvalue weighted by atomic mass is 10.1. The molecule has 1 aliphatic rings. The molecule has 0 fully saturated rings. The number of rotatable bonds is 3. The Balaban J connectivity index is 2.10. The van der Waals surface area contributed by atoms with Crippen LogP contribution in [0.3, 0.4) is 0 Å². The van der Waals surface area contributed by atoms with E-state index in [2.05, 4.69) is 0 Å². The summed E-state index contributed by atoms with van der Waals surface area (Å²) in [4.78, 5) is 11.9. The molecule has 0 atom stereocenters. The molecule has 4 heteroatoms. The molecule has 0 spiro atoms. The number of allylic oxidation sites excluding steroid dienone is 2. The predicted molar refractivity (Wildman–Crippen MR) is 63.4 cm³/mol. The van der Waals surface area contributed by atoms with Crippen molar-refractivity contribution >= 4 is 17.4 Å². The van der Waals surface area contributed by atoms with Gasteiger partial charge in [0.2, 0.25) is 5.78 Å². The van der Waals surface area contributed by atoms with Crippen molar-refractivity contribution in [2.45, 2.75) is 19.3 Å². The molecule has 1 aromatic carbocycles. The molecule has 1 aliphatic heterocycles. The molecule has 0 aliphatic carbocycles. The van der Waals surface area contributed by atoms with Crippen molar-refractivity contribution in [1.82, 2.24) is 0 Å². The number of hydrogen-bond acceptors (Lipinski definition) is 2. The van der Waals surface area contributed by atoms with Gasteiger partial charge >= 0.3 is 0 Å². The van der Waals surface area contributed by atoms with Gasteiger partial charge in [-0.25, -0.2) is 4.39 Å². The topological polar surface area (TPSA) is 26.3 Å². The molecule has 0 N–H and O–H groups in total. The molecule has 17 heavy (non-hydrogen) atoms. The molecule has 0 saturated carbocycles. The van der Waals surface area contributed by atoms with Gasteiger partial charge in [0.15, 0.2) is 5.76 Å². The van der Waals surface area contributed by atoms with Crippen molar-refractivity contribution in [3.8, 4) is 0 Å². The fourth-order valence-corrected chi connectivity index (χ4v) is 1.91. The number of ether oxygens (including phenoxy) is 1. The van der Waals surface area contributed by atoms with Gasteiger partial charge in [-0.15, -0.1) is 0 Å². The van der Waals surface area contributed by atoms with E-state index in [0.29, 0.717) is 17.9 Å². The molecule has 0 unspecified atom stereocenters. The van der Waals surface area contributed by atoms with Crippen LogP contribution in [0.1, 0.15) is 18.4 Å². The van der Waals surface area contributed by atoms with Crippen LogP contribution in [-0.2, 0) is 16.0 Å². The van der Waals surface area contributed by atoms with Crippen molar-refractivity contribution < 1.29 is 13.9 Å². The summed E-state index contributed by atoms with van der Waals surface area (Å²) >= 11 is 5.86. The number of carbonyl (C=O) groups is 1. The molecule has 0 radical (unpaired) electrons. The van der Waals surface area contributed by atoms with Crippen molar-refractivity contribution in [3.63, 3.8) is 0 Å². The third kappa shape index (κ3) is 3.07. The zero-order valence-corrected chi connectivity index (χ0v) is 9.97. The van der Waals surface area contributed by atoms with Gasteiger partial charge in [0, 0.05) is 11.4 Å². The van der Waals surface area contributed by atoms with Gasteiger partial charge in [-0.2, -0.15) is 0 Å². The Hall–Kier alpha value is -1.35. The Morgan fingerprint density at radius 2 is 2.29 bits per heavy atom. The van der Waals surface area contributed by atoms with Crippen LogP contribution < -0.4 is 0 Å². The van der Waals surface area contributed by atoms with Crippen LogP contribution in [0, 0.1) is 5.82 Å². The fourth-order valence-electron chi connectivity index (χ4n) is 1.68. The van der Waals surface area contributed by atoms with Gasteiger partial charge in [0.25, 0.3) is 0 Å². The predicted octanol–water partition coefficient (Wildman–Crippen LogP) is 3.29. The second-order valence-corrected chi connectivity index (χ2v) is 4.30. The molecule has 2 rings (SSSR count). The minimum Gasteiger partial charge on any atom is -0.490 e. The first kappa shape index (κ1) is 12.1. The van der Waals surface area contributed by atoms with Gasteiger partial charge in [0.1, 0.15) is 5.82 Å². The Kier molecular flexibility index (Phi) is 3.79. The van der Waals surface area contributed by atoms with E-state index in [4.69, 9.17) is 16.3 Å². The normalized spacial score (nSPS) is 15.1. The van der Waals surface area contributed by atoms with E-state index in [1.807, 2.05) is 0 Å². The summed E-state index contributed by atoms with van der Waals surface area (Å²) in [6.07, 6.45) is 3.74. The van der Waals surface area contributed by atoms with Crippen molar-refractivity contribution in [2.24, 2.45) is 0 Å². The van der Waals surface area contributed by atoms with Crippen LogP contribution in [0.2, 0.25) is 5.02 Å². The summed E-state index contributed by atoms with van der Waals surface area (Å²) in [6.45, 7) is 0.578. The second kappa shape index (κ2) is 5.32. The van der Waals surface area contributed by atoms with Crippen LogP contribution >= 0.6 is 11.6 Å². The summed E-state index contributed by atoms with van der Waals surface area (Å²) in [6, 6.07) is 4.03. The number of Topliss-reactive ketones (excluding diaryl/α,β-unsaturated/α-hetero) is 1. The standard InChI is InChI=1S/C13H12ClFO2/c14-11-8-10(15)5-4-9(11)7-12(16)13-3-1-2-6-17-13/h3-5,8H,1-2,6-7H2. The van der Waals surface area contributed by atoms with Crippen LogP contribution in [0.4, 0.5) is 4.39 Å². The minimum absolute atomic E-state index is 0.113. The highest BCUT2D eigenvalue weighted by Gasteiger charge is 2.15. The number of benzene rings is 1. The largest absolute Gasteiger partial charge is 0.490 e. The van der Waals surface area contributed by atoms with Gasteiger partial charge in [-0.3, -0.25) is 4.79 Å². The van der Waals surface area contributed by atoms with Crippen LogP contribution in [0.15, 0.2) is 30.0 Å². The molecule has 0 bridgehead atoms. The summed E-state index contributed by atoms with van der Waals surface area (Å²) in [5, 5.41) is 0.273. The lowest BCUT2D eigenvalue weighted by Crippen LogP contribution is -2.13. The molecule has 0 aromatic heterocycles. The Bertz CT molecular complexity index is 468. The molecule has 2 nitrogen and oxygen atoms in total. The van der Waals surface area contributed by atoms with Crippen molar-refractivity contribution in [3.05, 3.63) is 46.4 Å². The highest BCUT2D eigenvalue weighted by atomic mass is 35.5. The monoisotopic (exact) mass is 254 g/mol. The molecule has 1 aromatic rings. The van der Waals surface area contributed by atoms with E-state index in [0.717, 1.165) is 12.8 Å². The van der Waals surface area contributed by atoms with E-state index in [1.54, 1.807) is 6.08 Å². The third-order valence-corrected chi connectivity index (χ3v) is 2.93. The average molecular weight is 255 g/mol. The lowest BCUT2D eigenvalue weighted by Gasteiger charge is -2.14. The maximum atomic E-state index is 12.8. The zero-order valence-electron chi connectivity index (χ0n) is 9.21. The van der Waals surface area contributed by atoms with Gasteiger partial charge in [-0.05, 0) is 36.6 Å². The summed E-state index contributed by atoms with van der Waals surface area (Å²) in [5.41, 5.74) is 0.619. The van der Waals surface area contributed by atoms with E-state index in [-0.39, 0.29) is 17.2 Å². The summed E-state index contributed by atoms with van der Waals surface area (Å²) in [5.74, 6) is -0.116.